The minimum atomic E-state index is -0.529. The van der Waals surface area contributed by atoms with Gasteiger partial charge in [-0.15, -0.1) is 10.2 Å². The smallest absolute Gasteiger partial charge is 0.411 e. The van der Waals surface area contributed by atoms with Gasteiger partial charge in [0, 0.05) is 29.1 Å². The summed E-state index contributed by atoms with van der Waals surface area (Å²) in [6.07, 6.45) is 4.74. The molecule has 3 aromatic heterocycles. The number of pyridine rings is 1. The molecule has 0 fully saturated rings. The van der Waals surface area contributed by atoms with E-state index in [1.807, 2.05) is 65.2 Å². The van der Waals surface area contributed by atoms with Crippen LogP contribution in [-0.4, -0.2) is 37.4 Å². The number of hydrogen-bond donors (Lipinski definition) is 1. The van der Waals surface area contributed by atoms with Gasteiger partial charge >= 0.3 is 6.09 Å². The number of benzene rings is 3. The molecule has 0 aliphatic carbocycles. The van der Waals surface area contributed by atoms with Gasteiger partial charge < -0.3 is 9.47 Å². The Kier molecular flexibility index (Phi) is 6.63. The van der Waals surface area contributed by atoms with Crippen molar-refractivity contribution in [2.24, 2.45) is 0 Å². The van der Waals surface area contributed by atoms with Gasteiger partial charge in [0.25, 0.3) is 0 Å². The second-order valence-corrected chi connectivity index (χ2v) is 8.90. The summed E-state index contributed by atoms with van der Waals surface area (Å²) in [6, 6.07) is 25.3. The number of amides is 1. The Hall–Kier alpha value is -5.51. The number of methoxy groups -OCH3 is 1. The SMILES string of the molecule is COc1cc(-n2cnnc2-c2ccc3ncc(-c4ccc(NC(=O)OCc5ccccc5)cc4)n3c2)ccc1F. The molecule has 6 aromatic rings. The van der Waals surface area contributed by atoms with E-state index in [2.05, 4.69) is 20.5 Å². The second kappa shape index (κ2) is 10.7. The predicted molar refractivity (Wildman–Crippen MR) is 148 cm³/mol. The first kappa shape index (κ1) is 24.8. The number of hydrogen-bond acceptors (Lipinski definition) is 6. The lowest BCUT2D eigenvalue weighted by Gasteiger charge is -2.10. The number of carbonyl (C=O) groups excluding carboxylic acids is 1. The number of anilines is 1. The normalized spacial score (nSPS) is 10.9. The van der Waals surface area contributed by atoms with E-state index in [1.54, 1.807) is 41.4 Å². The van der Waals surface area contributed by atoms with Crippen LogP contribution in [0.5, 0.6) is 5.75 Å². The molecule has 0 unspecified atom stereocenters. The Balaban J connectivity index is 1.23. The highest BCUT2D eigenvalue weighted by molar-refractivity contribution is 5.85. The zero-order valence-electron chi connectivity index (χ0n) is 21.4. The molecule has 0 atom stereocenters. The fourth-order valence-electron chi connectivity index (χ4n) is 4.35. The first-order chi connectivity index (χ1) is 19.6. The van der Waals surface area contributed by atoms with Gasteiger partial charge in [0.2, 0.25) is 0 Å². The van der Waals surface area contributed by atoms with E-state index >= 15 is 0 Å². The molecule has 10 heteroatoms. The average molecular weight is 535 g/mol. The molecular formula is C30H23FN6O3. The Bertz CT molecular complexity index is 1800. The minimum absolute atomic E-state index is 0.131. The van der Waals surface area contributed by atoms with Crippen LogP contribution < -0.4 is 10.1 Å². The summed E-state index contributed by atoms with van der Waals surface area (Å²) in [4.78, 5) is 16.7. The van der Waals surface area contributed by atoms with Gasteiger partial charge in [-0.3, -0.25) is 14.3 Å². The highest BCUT2D eigenvalue weighted by Crippen LogP contribution is 2.28. The van der Waals surface area contributed by atoms with E-state index in [4.69, 9.17) is 9.47 Å². The van der Waals surface area contributed by atoms with Gasteiger partial charge in [0.1, 0.15) is 18.6 Å². The molecule has 3 aromatic carbocycles. The average Bonchev–Trinajstić information content (AvgIpc) is 3.65. The maximum absolute atomic E-state index is 14.0. The molecule has 0 spiro atoms. The number of halogens is 1. The number of ether oxygens (including phenoxy) is 2. The van der Waals surface area contributed by atoms with Gasteiger partial charge in [0.05, 0.1) is 24.7 Å². The van der Waals surface area contributed by atoms with Gasteiger partial charge in [-0.1, -0.05) is 42.5 Å². The summed E-state index contributed by atoms with van der Waals surface area (Å²) in [6.45, 7) is 0.192. The summed E-state index contributed by atoms with van der Waals surface area (Å²) in [5, 5.41) is 11.1. The van der Waals surface area contributed by atoms with Crippen molar-refractivity contribution >= 4 is 17.4 Å². The predicted octanol–water partition coefficient (Wildman–Crippen LogP) is 6.15. The summed E-state index contributed by atoms with van der Waals surface area (Å²) in [5.74, 6) is 0.256. The van der Waals surface area contributed by atoms with Crippen LogP contribution in [-0.2, 0) is 11.3 Å². The number of nitrogens with zero attached hydrogens (tertiary/aromatic N) is 5. The van der Waals surface area contributed by atoms with Gasteiger partial charge in [-0.25, -0.2) is 14.2 Å². The first-order valence-electron chi connectivity index (χ1n) is 12.4. The summed E-state index contributed by atoms with van der Waals surface area (Å²) >= 11 is 0. The number of carbonyl (C=O) groups is 1. The second-order valence-electron chi connectivity index (χ2n) is 8.90. The maximum Gasteiger partial charge on any atom is 0.411 e. The van der Waals surface area contributed by atoms with Crippen molar-refractivity contribution < 1.29 is 18.7 Å². The van der Waals surface area contributed by atoms with Crippen LogP contribution in [0.15, 0.2) is 104 Å². The van der Waals surface area contributed by atoms with E-state index in [0.717, 1.165) is 28.0 Å². The van der Waals surface area contributed by atoms with Gasteiger partial charge in [0.15, 0.2) is 17.4 Å². The highest BCUT2D eigenvalue weighted by atomic mass is 19.1. The van der Waals surface area contributed by atoms with Crippen molar-refractivity contribution in [3.05, 3.63) is 115 Å². The van der Waals surface area contributed by atoms with Crippen molar-refractivity contribution in [1.82, 2.24) is 24.1 Å². The maximum atomic E-state index is 14.0. The van der Waals surface area contributed by atoms with Crippen molar-refractivity contribution in [3.8, 4) is 34.1 Å². The van der Waals surface area contributed by atoms with Crippen LogP contribution in [0.1, 0.15) is 5.56 Å². The lowest BCUT2D eigenvalue weighted by molar-refractivity contribution is 0.155. The molecule has 3 heterocycles. The zero-order valence-corrected chi connectivity index (χ0v) is 21.4. The van der Waals surface area contributed by atoms with Crippen molar-refractivity contribution in [2.45, 2.75) is 6.61 Å². The molecular weight excluding hydrogens is 511 g/mol. The molecule has 0 saturated carbocycles. The molecule has 0 saturated heterocycles. The van der Waals surface area contributed by atoms with E-state index < -0.39 is 11.9 Å². The molecule has 198 valence electrons. The number of aromatic nitrogens is 5. The third-order valence-corrected chi connectivity index (χ3v) is 6.36. The number of fused-ring (bicyclic) bond motifs is 1. The van der Waals surface area contributed by atoms with E-state index in [0.29, 0.717) is 17.2 Å². The van der Waals surface area contributed by atoms with E-state index in [-0.39, 0.29) is 12.4 Å². The van der Waals surface area contributed by atoms with Crippen LogP contribution in [0.3, 0.4) is 0 Å². The van der Waals surface area contributed by atoms with Crippen molar-refractivity contribution in [2.75, 3.05) is 12.4 Å². The lowest BCUT2D eigenvalue weighted by atomic mass is 10.1. The molecule has 0 radical (unpaired) electrons. The quantitative estimate of drug-likeness (QED) is 0.264. The Morgan fingerprint density at radius 3 is 2.58 bits per heavy atom. The minimum Gasteiger partial charge on any atom is -0.494 e. The van der Waals surface area contributed by atoms with Crippen LogP contribution in [0.4, 0.5) is 14.9 Å². The molecule has 1 N–H and O–H groups in total. The van der Waals surface area contributed by atoms with Crippen molar-refractivity contribution in [3.63, 3.8) is 0 Å². The number of rotatable bonds is 7. The van der Waals surface area contributed by atoms with Gasteiger partial charge in [-0.05, 0) is 42.0 Å². The largest absolute Gasteiger partial charge is 0.494 e. The third kappa shape index (κ3) is 4.97. The Morgan fingerprint density at radius 1 is 0.975 bits per heavy atom. The monoisotopic (exact) mass is 534 g/mol. The zero-order chi connectivity index (χ0) is 27.5. The standard InChI is InChI=1S/C30H23FN6O3/c1-39-27-15-24(12-13-25(27)31)37-19-33-35-29(37)22-9-14-28-32-16-26(36(28)17-22)21-7-10-23(11-8-21)34-30(38)40-18-20-5-3-2-4-6-20/h2-17,19H,18H2,1H3,(H,34,38). The topological polar surface area (TPSA) is 95.6 Å². The molecule has 0 aliphatic rings. The van der Waals surface area contributed by atoms with Gasteiger partial charge in [-0.2, -0.15) is 0 Å². The summed E-state index contributed by atoms with van der Waals surface area (Å²) < 4.78 is 28.1. The van der Waals surface area contributed by atoms with Crippen LogP contribution in [0.2, 0.25) is 0 Å². The third-order valence-electron chi connectivity index (χ3n) is 6.36. The van der Waals surface area contributed by atoms with Crippen LogP contribution in [0, 0.1) is 5.82 Å². The molecule has 0 bridgehead atoms. The lowest BCUT2D eigenvalue weighted by Crippen LogP contribution is -2.13. The molecule has 6 rings (SSSR count). The number of nitrogens with one attached hydrogen (secondary N) is 1. The van der Waals surface area contributed by atoms with Crippen LogP contribution >= 0.6 is 0 Å². The fourth-order valence-corrected chi connectivity index (χ4v) is 4.35. The molecule has 40 heavy (non-hydrogen) atoms. The first-order valence-corrected chi connectivity index (χ1v) is 12.4. The van der Waals surface area contributed by atoms with Crippen molar-refractivity contribution in [1.29, 1.82) is 0 Å². The summed E-state index contributed by atoms with van der Waals surface area (Å²) in [7, 11) is 1.42. The highest BCUT2D eigenvalue weighted by Gasteiger charge is 2.14. The summed E-state index contributed by atoms with van der Waals surface area (Å²) in [5.41, 5.74) is 5.47. The van der Waals surface area contributed by atoms with Crippen LogP contribution in [0.25, 0.3) is 34.0 Å². The van der Waals surface area contributed by atoms with E-state index in [9.17, 15) is 9.18 Å². The Labute approximate surface area is 228 Å². The number of imidazole rings is 1. The van der Waals surface area contributed by atoms with E-state index in [1.165, 1.54) is 13.2 Å². The fraction of sp³-hybridized carbons (Fsp3) is 0.0667. The Morgan fingerprint density at radius 2 is 1.77 bits per heavy atom. The molecule has 9 nitrogen and oxygen atoms in total. The molecule has 1 amide bonds. The molecule has 0 aliphatic heterocycles.